The van der Waals surface area contributed by atoms with Gasteiger partial charge in [-0.1, -0.05) is 0 Å². The molecule has 1 aromatic carbocycles. The Bertz CT molecular complexity index is 811. The highest BCUT2D eigenvalue weighted by molar-refractivity contribution is 5.95. The van der Waals surface area contributed by atoms with Gasteiger partial charge in [0, 0.05) is 37.9 Å². The van der Waals surface area contributed by atoms with Gasteiger partial charge >= 0.3 is 0 Å². The Morgan fingerprint density at radius 3 is 2.44 bits per heavy atom. The van der Waals surface area contributed by atoms with Crippen LogP contribution < -0.4 is 5.32 Å². The van der Waals surface area contributed by atoms with Crippen LogP contribution in [0, 0.1) is 11.3 Å². The maximum atomic E-state index is 12.5. The Morgan fingerprint density at radius 2 is 1.88 bits per heavy atom. The lowest BCUT2D eigenvalue weighted by molar-refractivity contribution is 0.0698. The second kappa shape index (κ2) is 7.18. The Kier molecular flexibility index (Phi) is 4.80. The second-order valence-corrected chi connectivity index (χ2v) is 6.13. The summed E-state index contributed by atoms with van der Waals surface area (Å²) in [4.78, 5) is 26.4. The number of nitriles is 1. The number of aryl methyl sites for hydroxylation is 1. The van der Waals surface area contributed by atoms with E-state index in [4.69, 9.17) is 5.26 Å². The van der Waals surface area contributed by atoms with E-state index in [1.165, 1.54) is 0 Å². The molecule has 0 spiro atoms. The van der Waals surface area contributed by atoms with E-state index in [1.807, 2.05) is 6.07 Å². The molecular formula is C18H19N5O2. The molecule has 2 heterocycles. The average Bonchev–Trinajstić information content (AvgIpc) is 3.08. The molecule has 25 heavy (non-hydrogen) atoms. The zero-order chi connectivity index (χ0) is 17.8. The summed E-state index contributed by atoms with van der Waals surface area (Å²) in [5.74, 6) is -0.175. The predicted octanol–water partition coefficient (Wildman–Crippen LogP) is 1.33. The molecule has 3 rings (SSSR count). The maximum Gasteiger partial charge on any atom is 0.254 e. The van der Waals surface area contributed by atoms with Gasteiger partial charge in [0.1, 0.15) is 0 Å². The van der Waals surface area contributed by atoms with Crippen LogP contribution in [0.1, 0.15) is 39.1 Å². The van der Waals surface area contributed by atoms with Crippen LogP contribution in [0.3, 0.4) is 0 Å². The molecule has 2 amide bonds. The summed E-state index contributed by atoms with van der Waals surface area (Å²) in [6.45, 7) is 1.19. The zero-order valence-electron chi connectivity index (χ0n) is 14.0. The van der Waals surface area contributed by atoms with Crippen LogP contribution in [0.4, 0.5) is 0 Å². The Labute approximate surface area is 145 Å². The van der Waals surface area contributed by atoms with Gasteiger partial charge in [-0.25, -0.2) is 0 Å². The van der Waals surface area contributed by atoms with E-state index < -0.39 is 0 Å². The monoisotopic (exact) mass is 337 g/mol. The summed E-state index contributed by atoms with van der Waals surface area (Å²) in [6, 6.07) is 8.74. The number of likely N-dealkylation sites (tertiary alicyclic amines) is 1. The molecule has 0 unspecified atom stereocenters. The van der Waals surface area contributed by atoms with Gasteiger partial charge in [-0.2, -0.15) is 10.4 Å². The lowest BCUT2D eigenvalue weighted by Gasteiger charge is -2.32. The van der Waals surface area contributed by atoms with Crippen molar-refractivity contribution >= 4 is 11.8 Å². The summed E-state index contributed by atoms with van der Waals surface area (Å²) in [6.07, 6.45) is 4.65. The number of carbonyl (C=O) groups excluding carboxylic acids is 2. The van der Waals surface area contributed by atoms with Crippen LogP contribution in [-0.2, 0) is 7.05 Å². The Morgan fingerprint density at radius 1 is 1.20 bits per heavy atom. The first-order valence-corrected chi connectivity index (χ1v) is 8.16. The number of hydrogen-bond donors (Lipinski definition) is 1. The van der Waals surface area contributed by atoms with E-state index in [2.05, 4.69) is 10.4 Å². The van der Waals surface area contributed by atoms with Crippen molar-refractivity contribution in [2.24, 2.45) is 7.05 Å². The highest BCUT2D eigenvalue weighted by Crippen LogP contribution is 2.15. The van der Waals surface area contributed by atoms with Gasteiger partial charge in [0.15, 0.2) is 0 Å². The number of nitrogens with one attached hydrogen (secondary N) is 1. The number of nitrogens with zero attached hydrogens (tertiary/aromatic N) is 4. The first-order chi connectivity index (χ1) is 12.1. The Hall–Kier alpha value is -3.14. The fraction of sp³-hybridized carbons (Fsp3) is 0.333. The number of carbonyl (C=O) groups is 2. The molecule has 0 radical (unpaired) electrons. The molecule has 7 nitrogen and oxygen atoms in total. The fourth-order valence-electron chi connectivity index (χ4n) is 2.90. The number of benzene rings is 1. The van der Waals surface area contributed by atoms with Crippen molar-refractivity contribution < 1.29 is 9.59 Å². The molecule has 128 valence electrons. The van der Waals surface area contributed by atoms with Crippen molar-refractivity contribution in [1.82, 2.24) is 20.0 Å². The van der Waals surface area contributed by atoms with Crippen LogP contribution in [0.25, 0.3) is 0 Å². The molecule has 1 fully saturated rings. The highest BCUT2D eigenvalue weighted by atomic mass is 16.2. The van der Waals surface area contributed by atoms with Gasteiger partial charge in [-0.05, 0) is 37.1 Å². The maximum absolute atomic E-state index is 12.5. The summed E-state index contributed by atoms with van der Waals surface area (Å²) in [7, 11) is 1.77. The molecule has 0 bridgehead atoms. The molecule has 1 saturated heterocycles. The van der Waals surface area contributed by atoms with Crippen molar-refractivity contribution in [3.8, 4) is 6.07 Å². The molecule has 0 saturated carbocycles. The van der Waals surface area contributed by atoms with Crippen LogP contribution in [0.2, 0.25) is 0 Å². The van der Waals surface area contributed by atoms with Crippen molar-refractivity contribution in [3.05, 3.63) is 53.3 Å². The van der Waals surface area contributed by atoms with Crippen molar-refractivity contribution in [1.29, 1.82) is 5.26 Å². The second-order valence-electron chi connectivity index (χ2n) is 6.13. The van der Waals surface area contributed by atoms with Gasteiger partial charge in [0.25, 0.3) is 11.8 Å². The minimum absolute atomic E-state index is 0.0403. The topological polar surface area (TPSA) is 91.0 Å². The lowest BCUT2D eigenvalue weighted by atomic mass is 10.0. The first-order valence-electron chi connectivity index (χ1n) is 8.16. The average molecular weight is 337 g/mol. The first kappa shape index (κ1) is 16.7. The standard InChI is InChI=1S/C18H19N5O2/c1-22-12-15(11-20-22)17(24)21-16-6-8-23(9-7-16)18(25)14-4-2-13(10-19)3-5-14/h2-5,11-12,16H,6-9H2,1H3,(H,21,24). The molecule has 1 N–H and O–H groups in total. The van der Waals surface area contributed by atoms with Gasteiger partial charge in [0.05, 0.1) is 23.4 Å². The minimum atomic E-state index is -0.134. The zero-order valence-corrected chi connectivity index (χ0v) is 14.0. The fourth-order valence-corrected chi connectivity index (χ4v) is 2.90. The Balaban J connectivity index is 1.53. The van der Waals surface area contributed by atoms with Gasteiger partial charge in [-0.15, -0.1) is 0 Å². The largest absolute Gasteiger partial charge is 0.349 e. The summed E-state index contributed by atoms with van der Waals surface area (Å²) >= 11 is 0. The van der Waals surface area contributed by atoms with Crippen LogP contribution in [0.5, 0.6) is 0 Å². The SMILES string of the molecule is Cn1cc(C(=O)NC2CCN(C(=O)c3ccc(C#N)cc3)CC2)cn1. The van der Waals surface area contributed by atoms with Gasteiger partial charge in [0.2, 0.25) is 0 Å². The van der Waals surface area contributed by atoms with Crippen molar-refractivity contribution in [2.75, 3.05) is 13.1 Å². The third kappa shape index (κ3) is 3.86. The molecule has 1 aromatic heterocycles. The summed E-state index contributed by atoms with van der Waals surface area (Å²) in [5.41, 5.74) is 1.66. The van der Waals surface area contributed by atoms with E-state index >= 15 is 0 Å². The third-order valence-corrected chi connectivity index (χ3v) is 4.35. The number of aromatic nitrogens is 2. The van der Waals surface area contributed by atoms with Gasteiger partial charge < -0.3 is 10.2 Å². The van der Waals surface area contributed by atoms with Crippen LogP contribution in [-0.4, -0.2) is 45.6 Å². The molecule has 1 aliphatic rings. The van der Waals surface area contributed by atoms with Crippen LogP contribution >= 0.6 is 0 Å². The normalized spacial score (nSPS) is 14.8. The smallest absolute Gasteiger partial charge is 0.254 e. The molecule has 0 atom stereocenters. The third-order valence-electron chi connectivity index (χ3n) is 4.35. The molecular weight excluding hydrogens is 318 g/mol. The van der Waals surface area contributed by atoms with Crippen molar-refractivity contribution in [3.63, 3.8) is 0 Å². The summed E-state index contributed by atoms with van der Waals surface area (Å²) < 4.78 is 1.59. The molecule has 1 aliphatic heterocycles. The van der Waals surface area contributed by atoms with E-state index in [0.717, 1.165) is 0 Å². The van der Waals surface area contributed by atoms with E-state index in [-0.39, 0.29) is 17.9 Å². The highest BCUT2D eigenvalue weighted by Gasteiger charge is 2.25. The lowest BCUT2D eigenvalue weighted by Crippen LogP contribution is -2.46. The van der Waals surface area contributed by atoms with E-state index in [9.17, 15) is 9.59 Å². The molecule has 0 aliphatic carbocycles. The molecule has 2 aromatic rings. The van der Waals surface area contributed by atoms with Crippen molar-refractivity contribution in [2.45, 2.75) is 18.9 Å². The quantitative estimate of drug-likeness (QED) is 0.914. The molecule has 7 heteroatoms. The van der Waals surface area contributed by atoms with Crippen LogP contribution in [0.15, 0.2) is 36.7 Å². The number of rotatable bonds is 3. The number of amides is 2. The van der Waals surface area contributed by atoms with E-state index in [0.29, 0.717) is 42.6 Å². The number of hydrogen-bond acceptors (Lipinski definition) is 4. The van der Waals surface area contributed by atoms with E-state index in [1.54, 1.807) is 53.3 Å². The number of piperidine rings is 1. The summed E-state index contributed by atoms with van der Waals surface area (Å²) in [5, 5.41) is 15.8. The van der Waals surface area contributed by atoms with Gasteiger partial charge in [-0.3, -0.25) is 14.3 Å². The minimum Gasteiger partial charge on any atom is -0.349 e. The predicted molar refractivity (Wildman–Crippen MR) is 90.8 cm³/mol.